The van der Waals surface area contributed by atoms with Gasteiger partial charge in [-0.1, -0.05) is 127 Å². The van der Waals surface area contributed by atoms with Crippen LogP contribution in [-0.2, 0) is 0 Å². The van der Waals surface area contributed by atoms with Gasteiger partial charge in [0.25, 0.3) is 0 Å². The van der Waals surface area contributed by atoms with Crippen LogP contribution in [0.25, 0.3) is 95.1 Å². The lowest BCUT2D eigenvalue weighted by Gasteiger charge is -2.11. The Kier molecular flexibility index (Phi) is 7.07. The van der Waals surface area contributed by atoms with E-state index in [1.165, 1.54) is 5.39 Å². The van der Waals surface area contributed by atoms with Crippen molar-refractivity contribution >= 4 is 32.8 Å². The summed E-state index contributed by atoms with van der Waals surface area (Å²) in [7, 11) is 0. The third-order valence-electron chi connectivity index (χ3n) is 9.66. The van der Waals surface area contributed by atoms with Crippen molar-refractivity contribution in [3.05, 3.63) is 182 Å². The molecule has 0 fully saturated rings. The smallest absolute Gasteiger partial charge is 0.164 e. The van der Waals surface area contributed by atoms with Gasteiger partial charge in [-0.15, -0.1) is 0 Å². The highest BCUT2D eigenvalue weighted by Gasteiger charge is 2.17. The molecule has 0 N–H and O–H groups in total. The molecule has 0 unspecified atom stereocenters. The zero-order valence-corrected chi connectivity index (χ0v) is 28.0. The van der Waals surface area contributed by atoms with Crippen LogP contribution in [0.1, 0.15) is 0 Å². The summed E-state index contributed by atoms with van der Waals surface area (Å²) in [5.41, 5.74) is 10.2. The van der Waals surface area contributed by atoms with Crippen molar-refractivity contribution in [3.63, 3.8) is 0 Å². The van der Waals surface area contributed by atoms with Crippen LogP contribution >= 0.6 is 0 Å². The summed E-state index contributed by atoms with van der Waals surface area (Å²) < 4.78 is 8.47. The predicted octanol–water partition coefficient (Wildman–Crippen LogP) is 12.0. The molecule has 10 rings (SSSR count). The summed E-state index contributed by atoms with van der Waals surface area (Å²) in [6.45, 7) is 0. The first-order valence-corrected chi connectivity index (χ1v) is 17.4. The fourth-order valence-corrected chi connectivity index (χ4v) is 7.11. The molecule has 0 aliphatic rings. The molecule has 3 aromatic heterocycles. The van der Waals surface area contributed by atoms with Crippen molar-refractivity contribution in [2.75, 3.05) is 0 Å². The van der Waals surface area contributed by atoms with Crippen LogP contribution in [0.15, 0.2) is 186 Å². The lowest BCUT2D eigenvalue weighted by atomic mass is 10.0. The molecule has 52 heavy (non-hydrogen) atoms. The van der Waals surface area contributed by atoms with Crippen molar-refractivity contribution < 1.29 is 4.42 Å². The molecule has 5 heteroatoms. The van der Waals surface area contributed by atoms with E-state index in [4.69, 9.17) is 19.4 Å². The Labute approximate surface area is 300 Å². The molecule has 0 aliphatic carbocycles. The van der Waals surface area contributed by atoms with Crippen LogP contribution in [-0.4, -0.2) is 19.5 Å². The van der Waals surface area contributed by atoms with E-state index >= 15 is 0 Å². The van der Waals surface area contributed by atoms with Crippen molar-refractivity contribution in [1.82, 2.24) is 19.5 Å². The summed E-state index contributed by atoms with van der Waals surface area (Å²) in [5, 5.41) is 3.39. The second-order valence-corrected chi connectivity index (χ2v) is 12.9. The number of hydrogen-bond acceptors (Lipinski definition) is 4. The van der Waals surface area contributed by atoms with Crippen LogP contribution in [0.3, 0.4) is 0 Å². The Morgan fingerprint density at radius 2 is 0.942 bits per heavy atom. The Bertz CT molecular complexity index is 2860. The van der Waals surface area contributed by atoms with Gasteiger partial charge < -0.3 is 8.98 Å². The Hall–Kier alpha value is -7.11. The first-order valence-electron chi connectivity index (χ1n) is 17.4. The Morgan fingerprint density at radius 3 is 1.73 bits per heavy atom. The van der Waals surface area contributed by atoms with Crippen molar-refractivity contribution in [2.45, 2.75) is 0 Å². The van der Waals surface area contributed by atoms with Gasteiger partial charge in [0.05, 0.1) is 11.0 Å². The largest absolute Gasteiger partial charge is 0.456 e. The van der Waals surface area contributed by atoms with E-state index in [-0.39, 0.29) is 0 Å². The van der Waals surface area contributed by atoms with Crippen LogP contribution in [0.5, 0.6) is 0 Å². The average molecular weight is 667 g/mol. The fraction of sp³-hybridized carbons (Fsp3) is 0. The zero-order valence-electron chi connectivity index (χ0n) is 28.0. The summed E-state index contributed by atoms with van der Waals surface area (Å²) in [6, 6.07) is 62.7. The third kappa shape index (κ3) is 5.24. The van der Waals surface area contributed by atoms with Gasteiger partial charge in [-0.25, -0.2) is 15.0 Å². The highest BCUT2D eigenvalue weighted by molar-refractivity contribution is 6.10. The number of benzene rings is 7. The Balaban J connectivity index is 1.13. The second kappa shape index (κ2) is 12.3. The van der Waals surface area contributed by atoms with Crippen molar-refractivity contribution in [1.29, 1.82) is 0 Å². The lowest BCUT2D eigenvalue weighted by Crippen LogP contribution is -2.00. The normalized spacial score (nSPS) is 11.5. The van der Waals surface area contributed by atoms with Gasteiger partial charge in [-0.3, -0.25) is 0 Å². The third-order valence-corrected chi connectivity index (χ3v) is 9.66. The quantitative estimate of drug-likeness (QED) is 0.177. The van der Waals surface area contributed by atoms with E-state index in [0.29, 0.717) is 17.5 Å². The number of furan rings is 1. The molecular weight excluding hydrogens is 637 g/mol. The number of nitrogens with zero attached hydrogens (tertiary/aromatic N) is 4. The molecule has 0 bridgehead atoms. The minimum absolute atomic E-state index is 0.605. The highest BCUT2D eigenvalue weighted by Crippen LogP contribution is 2.36. The first-order chi connectivity index (χ1) is 25.7. The van der Waals surface area contributed by atoms with E-state index < -0.39 is 0 Å². The van der Waals surface area contributed by atoms with E-state index in [0.717, 1.165) is 72.2 Å². The summed E-state index contributed by atoms with van der Waals surface area (Å²) >= 11 is 0. The van der Waals surface area contributed by atoms with E-state index in [1.54, 1.807) is 0 Å². The maximum atomic E-state index is 6.15. The van der Waals surface area contributed by atoms with Crippen molar-refractivity contribution in [2.24, 2.45) is 0 Å². The fourth-order valence-electron chi connectivity index (χ4n) is 7.11. The minimum Gasteiger partial charge on any atom is -0.456 e. The number of fused-ring (bicyclic) bond motifs is 4. The average Bonchev–Trinajstić information content (AvgIpc) is 3.81. The van der Waals surface area contributed by atoms with Crippen LogP contribution in [0.4, 0.5) is 0 Å². The molecule has 0 aliphatic heterocycles. The van der Waals surface area contributed by atoms with Crippen LogP contribution in [0, 0.1) is 0 Å². The molecule has 0 amide bonds. The van der Waals surface area contributed by atoms with E-state index in [1.807, 2.05) is 30.3 Å². The van der Waals surface area contributed by atoms with E-state index in [9.17, 15) is 0 Å². The highest BCUT2D eigenvalue weighted by atomic mass is 16.3. The monoisotopic (exact) mass is 666 g/mol. The second-order valence-electron chi connectivity index (χ2n) is 12.9. The van der Waals surface area contributed by atoms with Crippen molar-refractivity contribution in [3.8, 4) is 62.3 Å². The number of aromatic nitrogens is 4. The number of rotatable bonds is 6. The van der Waals surface area contributed by atoms with Gasteiger partial charge in [0.15, 0.2) is 17.5 Å². The Morgan fingerprint density at radius 1 is 0.365 bits per heavy atom. The molecule has 244 valence electrons. The number of hydrogen-bond donors (Lipinski definition) is 0. The molecule has 0 atom stereocenters. The van der Waals surface area contributed by atoms with Gasteiger partial charge in [-0.2, -0.15) is 0 Å². The van der Waals surface area contributed by atoms with Gasteiger partial charge in [0.1, 0.15) is 11.3 Å². The number of para-hydroxylation sites is 3. The van der Waals surface area contributed by atoms with Crippen LogP contribution in [0.2, 0.25) is 0 Å². The summed E-state index contributed by atoms with van der Waals surface area (Å²) in [5.74, 6) is 2.66. The zero-order chi connectivity index (χ0) is 34.4. The van der Waals surface area contributed by atoms with Gasteiger partial charge in [0, 0.05) is 44.1 Å². The molecule has 0 saturated carbocycles. The SMILES string of the molecule is c1ccc(-c2cccc(-c3nc(-c4ccc(-c5cc6ccccc6o5)cc4)nc(-c4ccc5c(c4)c4ccccc4n5-c4ccccc4)n3)c2)cc1. The maximum absolute atomic E-state index is 6.15. The molecule has 5 nitrogen and oxygen atoms in total. The molecule has 0 spiro atoms. The standard InChI is InChI=1S/C47H30N4O/c1-3-12-31(13-4-1)34-15-11-16-36(28-34)46-48-45(33-24-22-32(23-25-33)44-30-35-14-7-10-21-43(35)52-44)49-47(50-46)37-26-27-42-40(29-37)39-19-8-9-20-41(39)51(42)38-17-5-2-6-18-38/h1-30H. The van der Waals surface area contributed by atoms with E-state index in [2.05, 4.69) is 156 Å². The molecule has 7 aromatic carbocycles. The summed E-state index contributed by atoms with van der Waals surface area (Å²) in [4.78, 5) is 15.3. The minimum atomic E-state index is 0.605. The maximum Gasteiger partial charge on any atom is 0.164 e. The molecule has 3 heterocycles. The first kappa shape index (κ1) is 29.8. The molecular formula is C47H30N4O. The van der Waals surface area contributed by atoms with Crippen LogP contribution < -0.4 is 0 Å². The lowest BCUT2D eigenvalue weighted by molar-refractivity contribution is 0.631. The molecule has 0 radical (unpaired) electrons. The van der Waals surface area contributed by atoms with Gasteiger partial charge >= 0.3 is 0 Å². The van der Waals surface area contributed by atoms with Gasteiger partial charge in [-0.05, 0) is 65.7 Å². The van der Waals surface area contributed by atoms with Gasteiger partial charge in [0.2, 0.25) is 0 Å². The predicted molar refractivity (Wildman–Crippen MR) is 211 cm³/mol. The molecule has 10 aromatic rings. The molecule has 0 saturated heterocycles. The topological polar surface area (TPSA) is 56.7 Å². The summed E-state index contributed by atoms with van der Waals surface area (Å²) in [6.07, 6.45) is 0.